The number of nitrogens with zero attached hydrogens (tertiary/aromatic N) is 3. The van der Waals surface area contributed by atoms with E-state index in [-0.39, 0.29) is 5.60 Å². The van der Waals surface area contributed by atoms with Gasteiger partial charge in [0.1, 0.15) is 5.60 Å². The van der Waals surface area contributed by atoms with Crippen LogP contribution >= 0.6 is 11.3 Å². The van der Waals surface area contributed by atoms with Gasteiger partial charge >= 0.3 is 0 Å². The molecule has 0 radical (unpaired) electrons. The summed E-state index contributed by atoms with van der Waals surface area (Å²) in [6, 6.07) is 0.694. The zero-order valence-electron chi connectivity index (χ0n) is 12.8. The van der Waals surface area contributed by atoms with Gasteiger partial charge in [-0.15, -0.1) is 11.3 Å². The van der Waals surface area contributed by atoms with Gasteiger partial charge in [0.05, 0.1) is 12.2 Å². The Morgan fingerprint density at radius 2 is 2.09 bits per heavy atom. The van der Waals surface area contributed by atoms with E-state index in [0.717, 1.165) is 24.6 Å². The van der Waals surface area contributed by atoms with Gasteiger partial charge in [0, 0.05) is 17.3 Å². The van der Waals surface area contributed by atoms with Crippen molar-refractivity contribution in [3.8, 4) is 0 Å². The molecule has 1 aromatic rings. The molecule has 3 fully saturated rings. The fraction of sp³-hybridized carbons (Fsp3) is 0.750. The van der Waals surface area contributed by atoms with E-state index >= 15 is 0 Å². The minimum absolute atomic E-state index is 0.0598. The van der Waals surface area contributed by atoms with Crippen molar-refractivity contribution in [1.82, 2.24) is 9.88 Å². The fourth-order valence-electron chi connectivity index (χ4n) is 4.44. The summed E-state index contributed by atoms with van der Waals surface area (Å²) in [5.41, 5.74) is 1.23. The van der Waals surface area contributed by atoms with Crippen LogP contribution in [0, 0.1) is 5.92 Å². The molecule has 22 heavy (non-hydrogen) atoms. The van der Waals surface area contributed by atoms with E-state index in [2.05, 4.69) is 15.2 Å². The maximum Gasteiger partial charge on any atom is 0.291 e. The molecule has 0 amide bonds. The number of aryl methyl sites for hydroxylation is 2. The summed E-state index contributed by atoms with van der Waals surface area (Å²) in [7, 11) is 0. The van der Waals surface area contributed by atoms with Crippen LogP contribution in [-0.4, -0.2) is 47.7 Å². The van der Waals surface area contributed by atoms with E-state index < -0.39 is 0 Å². The van der Waals surface area contributed by atoms with E-state index in [1.54, 1.807) is 11.3 Å². The third-order valence-corrected chi connectivity index (χ3v) is 6.75. The van der Waals surface area contributed by atoms with Crippen LogP contribution in [0.25, 0.3) is 0 Å². The van der Waals surface area contributed by atoms with Crippen LogP contribution in [0.5, 0.6) is 0 Å². The van der Waals surface area contributed by atoms with E-state index in [9.17, 15) is 0 Å². The number of piperidine rings is 3. The van der Waals surface area contributed by atoms with E-state index in [1.165, 1.54) is 55.8 Å². The molecule has 1 spiro atoms. The van der Waals surface area contributed by atoms with E-state index in [4.69, 9.17) is 9.72 Å². The van der Waals surface area contributed by atoms with Gasteiger partial charge in [-0.25, -0.2) is 9.98 Å². The number of amidine groups is 1. The molecule has 1 aliphatic carbocycles. The number of fused-ring (bicyclic) bond motifs is 3. The molecule has 5 aliphatic rings. The zero-order valence-corrected chi connectivity index (χ0v) is 13.6. The SMILES string of the molecule is C1CCc2sc(NC3=NC[C@@]4(CN5CCC4CC5)O3)nc2C1. The monoisotopic (exact) mass is 318 g/mol. The summed E-state index contributed by atoms with van der Waals surface area (Å²) in [4.78, 5) is 13.4. The van der Waals surface area contributed by atoms with Crippen LogP contribution in [0.4, 0.5) is 5.13 Å². The average molecular weight is 318 g/mol. The Morgan fingerprint density at radius 1 is 1.23 bits per heavy atom. The Morgan fingerprint density at radius 3 is 2.86 bits per heavy atom. The number of hydrogen-bond acceptors (Lipinski definition) is 6. The molecule has 3 saturated heterocycles. The van der Waals surface area contributed by atoms with Crippen LogP contribution in [0.1, 0.15) is 36.3 Å². The first-order chi connectivity index (χ1) is 10.8. The summed E-state index contributed by atoms with van der Waals surface area (Å²) in [5.74, 6) is 0.671. The van der Waals surface area contributed by atoms with Crippen molar-refractivity contribution in [2.45, 2.75) is 44.1 Å². The molecule has 1 atom stereocenters. The molecule has 0 aromatic carbocycles. The van der Waals surface area contributed by atoms with Crippen molar-refractivity contribution in [3.05, 3.63) is 10.6 Å². The zero-order chi connectivity index (χ0) is 14.6. The highest BCUT2D eigenvalue weighted by atomic mass is 32.1. The van der Waals surface area contributed by atoms with Crippen LogP contribution in [0.15, 0.2) is 4.99 Å². The van der Waals surface area contributed by atoms with Gasteiger partial charge in [-0.3, -0.25) is 10.2 Å². The Labute approximate surface area is 134 Å². The molecule has 0 saturated carbocycles. The molecule has 2 bridgehead atoms. The Hall–Kier alpha value is -1.14. The predicted molar refractivity (Wildman–Crippen MR) is 87.7 cm³/mol. The minimum Gasteiger partial charge on any atom is -0.455 e. The molecular weight excluding hydrogens is 296 g/mol. The normalized spacial score (nSPS) is 36.1. The Balaban J connectivity index is 1.30. The summed E-state index contributed by atoms with van der Waals surface area (Å²) in [6.07, 6.45) is 7.40. The maximum absolute atomic E-state index is 6.32. The first-order valence-electron chi connectivity index (χ1n) is 8.52. The van der Waals surface area contributed by atoms with Crippen LogP contribution < -0.4 is 5.32 Å². The summed E-state index contributed by atoms with van der Waals surface area (Å²) < 4.78 is 6.32. The van der Waals surface area contributed by atoms with Crippen LogP contribution in [0.2, 0.25) is 0 Å². The molecule has 118 valence electrons. The second-order valence-electron chi connectivity index (χ2n) is 7.06. The Kier molecular flexibility index (Phi) is 2.98. The number of aliphatic imine (C=N–C) groups is 1. The first kappa shape index (κ1) is 13.3. The van der Waals surface area contributed by atoms with Gasteiger partial charge < -0.3 is 4.74 Å². The lowest BCUT2D eigenvalue weighted by Gasteiger charge is -2.50. The topological polar surface area (TPSA) is 49.8 Å². The van der Waals surface area contributed by atoms with Crippen molar-refractivity contribution in [1.29, 1.82) is 0 Å². The summed E-state index contributed by atoms with van der Waals surface area (Å²) in [6.45, 7) is 4.32. The number of ether oxygens (including phenoxy) is 1. The number of hydrogen-bond donors (Lipinski definition) is 1. The third kappa shape index (κ3) is 2.07. The van der Waals surface area contributed by atoms with Crippen molar-refractivity contribution in [2.75, 3.05) is 31.5 Å². The summed E-state index contributed by atoms with van der Waals surface area (Å²) >= 11 is 1.78. The van der Waals surface area contributed by atoms with Crippen molar-refractivity contribution in [2.24, 2.45) is 10.9 Å². The van der Waals surface area contributed by atoms with Crippen LogP contribution in [-0.2, 0) is 17.6 Å². The van der Waals surface area contributed by atoms with Gasteiger partial charge in [-0.05, 0) is 51.6 Å². The third-order valence-electron chi connectivity index (χ3n) is 5.67. The summed E-state index contributed by atoms with van der Waals surface area (Å²) in [5, 5.41) is 4.31. The van der Waals surface area contributed by atoms with Gasteiger partial charge in [0.25, 0.3) is 6.02 Å². The van der Waals surface area contributed by atoms with Gasteiger partial charge in [-0.2, -0.15) is 0 Å². The molecule has 5 nitrogen and oxygen atoms in total. The van der Waals surface area contributed by atoms with Gasteiger partial charge in [-0.1, -0.05) is 0 Å². The molecule has 0 unspecified atom stereocenters. The van der Waals surface area contributed by atoms with Gasteiger partial charge in [0.15, 0.2) is 5.13 Å². The maximum atomic E-state index is 6.32. The van der Waals surface area contributed by atoms with Gasteiger partial charge in [0.2, 0.25) is 0 Å². The molecule has 4 aliphatic heterocycles. The molecule has 6 rings (SSSR count). The fourth-order valence-corrected chi connectivity index (χ4v) is 5.48. The second-order valence-corrected chi connectivity index (χ2v) is 8.14. The van der Waals surface area contributed by atoms with E-state index in [1.807, 2.05) is 0 Å². The lowest BCUT2D eigenvalue weighted by atomic mass is 9.75. The largest absolute Gasteiger partial charge is 0.455 e. The number of anilines is 1. The first-order valence-corrected chi connectivity index (χ1v) is 9.34. The Bertz CT molecular complexity index is 596. The standard InChI is InChI=1S/C16H22N4OS/c1-2-4-13-12(3-1)18-15(22-13)19-14-17-9-16(21-14)10-20-7-5-11(16)6-8-20/h11H,1-10H2,(H,17,18,19)/t16-/m0/s1. The number of thiazole rings is 1. The average Bonchev–Trinajstić information content (AvgIpc) is 3.12. The van der Waals surface area contributed by atoms with Crippen molar-refractivity contribution < 1.29 is 4.74 Å². The number of nitrogens with one attached hydrogen (secondary N) is 1. The molecular formula is C16H22N4OS. The highest BCUT2D eigenvalue weighted by Crippen LogP contribution is 2.41. The van der Waals surface area contributed by atoms with Crippen molar-refractivity contribution in [3.63, 3.8) is 0 Å². The molecule has 1 aromatic heterocycles. The highest BCUT2D eigenvalue weighted by Gasteiger charge is 2.51. The lowest BCUT2D eigenvalue weighted by Crippen LogP contribution is -2.61. The predicted octanol–water partition coefficient (Wildman–Crippen LogP) is 2.28. The number of aromatic nitrogens is 1. The highest BCUT2D eigenvalue weighted by molar-refractivity contribution is 7.15. The molecule has 1 N–H and O–H groups in total. The quantitative estimate of drug-likeness (QED) is 0.863. The van der Waals surface area contributed by atoms with E-state index in [0.29, 0.717) is 11.9 Å². The van der Waals surface area contributed by atoms with Crippen molar-refractivity contribution >= 4 is 22.5 Å². The second kappa shape index (κ2) is 4.93. The lowest BCUT2D eigenvalue weighted by molar-refractivity contribution is -0.0829. The molecule has 5 heterocycles. The smallest absolute Gasteiger partial charge is 0.291 e. The van der Waals surface area contributed by atoms with Crippen LogP contribution in [0.3, 0.4) is 0 Å². The number of rotatable bonds is 1. The molecule has 6 heteroatoms. The minimum atomic E-state index is -0.0598.